The predicted octanol–water partition coefficient (Wildman–Crippen LogP) is 15.4. The minimum absolute atomic E-state index is 0.866. The van der Waals surface area contributed by atoms with Crippen LogP contribution in [0.25, 0.3) is 82.6 Å². The lowest BCUT2D eigenvalue weighted by atomic mass is 10.0. The zero-order valence-electron chi connectivity index (χ0n) is 32.5. The van der Waals surface area contributed by atoms with Crippen LogP contribution in [0.2, 0.25) is 0 Å². The van der Waals surface area contributed by atoms with Gasteiger partial charge in [-0.1, -0.05) is 165 Å². The smallest absolute Gasteiger partial charge is 0.143 e. The van der Waals surface area contributed by atoms with Crippen LogP contribution in [-0.4, -0.2) is 4.57 Å². The van der Waals surface area contributed by atoms with Crippen molar-refractivity contribution in [1.29, 1.82) is 0 Å². The molecule has 0 unspecified atom stereocenters. The highest BCUT2D eigenvalue weighted by molar-refractivity contribution is 6.15. The number of benzene rings is 8. The van der Waals surface area contributed by atoms with E-state index >= 15 is 0 Å². The number of furan rings is 1. The second kappa shape index (κ2) is 15.2. The topological polar surface area (TPSA) is 21.3 Å². The van der Waals surface area contributed by atoms with Gasteiger partial charge in [0.15, 0.2) is 0 Å². The number of nitrogens with zero attached hydrogens (tertiary/aromatic N) is 2. The van der Waals surface area contributed by atoms with E-state index in [0.29, 0.717) is 0 Å². The van der Waals surface area contributed by atoms with Crippen LogP contribution in [-0.2, 0) is 0 Å². The predicted molar refractivity (Wildman–Crippen MR) is 253 cm³/mol. The summed E-state index contributed by atoms with van der Waals surface area (Å²) in [4.78, 5) is 2.25. The quantitative estimate of drug-likeness (QED) is 0.130. The second-order valence-electron chi connectivity index (χ2n) is 14.6. The molecule has 0 N–H and O–H groups in total. The molecule has 0 radical (unpaired) electrons. The summed E-state index contributed by atoms with van der Waals surface area (Å²) >= 11 is 0. The Hall–Kier alpha value is -7.88. The third-order valence-electron chi connectivity index (χ3n) is 11.2. The Morgan fingerprint density at radius 2 is 1.22 bits per heavy atom. The fraction of sp³-hybridized carbons (Fsp3) is 0. The van der Waals surface area contributed by atoms with Gasteiger partial charge in [0, 0.05) is 49.8 Å². The largest absolute Gasteiger partial charge is 0.455 e. The standard InChI is InChI=1S/C56H40N2O/c1-3-5-22-43(37-39-32-35-55-50(38-39)49-34-33-42-19-7-9-25-46(42)56(49)59-55)57(51-31-16-20-41-18-6-8-24-45(41)51)36-17-21-40(4-2)44-23-10-13-28-52(44)58-53-29-14-11-26-47(53)48-27-12-15-30-54(48)58/h3-38H,1-2H2/b22-5-,36-17+,40-21+,43-37-. The molecule has 0 amide bonds. The Morgan fingerprint density at radius 3 is 1.98 bits per heavy atom. The first kappa shape index (κ1) is 35.5. The molecule has 0 atom stereocenters. The summed E-state index contributed by atoms with van der Waals surface area (Å²) in [6, 6.07) is 60.0. The van der Waals surface area contributed by atoms with Crippen molar-refractivity contribution in [2.45, 2.75) is 0 Å². The molecule has 280 valence electrons. The number of anilines is 1. The van der Waals surface area contributed by atoms with E-state index in [1.54, 1.807) is 0 Å². The van der Waals surface area contributed by atoms with Crippen LogP contribution in [0, 0.1) is 0 Å². The minimum Gasteiger partial charge on any atom is -0.455 e. The van der Waals surface area contributed by atoms with Crippen molar-refractivity contribution in [3.63, 3.8) is 0 Å². The van der Waals surface area contributed by atoms with Crippen molar-refractivity contribution < 1.29 is 4.42 Å². The first-order valence-electron chi connectivity index (χ1n) is 19.9. The number of fused-ring (bicyclic) bond motifs is 9. The SMILES string of the molecule is C=C/C=C\C(=C\c1ccc2oc3c4ccccc4ccc3c2c1)N(/C=C/C=C(\C=C)c1ccccc1-n1c2ccccc2c2ccccc21)c1cccc2ccccc12. The van der Waals surface area contributed by atoms with Gasteiger partial charge in [-0.05, 0) is 82.6 Å². The fourth-order valence-corrected chi connectivity index (χ4v) is 8.47. The van der Waals surface area contributed by atoms with E-state index in [4.69, 9.17) is 4.42 Å². The highest BCUT2D eigenvalue weighted by Gasteiger charge is 2.16. The molecule has 2 heterocycles. The molecular formula is C56H40N2O. The molecule has 0 aliphatic rings. The number of allylic oxidation sites excluding steroid dienone is 7. The Morgan fingerprint density at radius 1 is 0.559 bits per heavy atom. The van der Waals surface area contributed by atoms with E-state index in [1.165, 1.54) is 21.8 Å². The summed E-state index contributed by atoms with van der Waals surface area (Å²) < 4.78 is 8.83. The van der Waals surface area contributed by atoms with Gasteiger partial charge in [0.2, 0.25) is 0 Å². The van der Waals surface area contributed by atoms with Gasteiger partial charge in [-0.25, -0.2) is 0 Å². The molecule has 2 aromatic heterocycles. The van der Waals surface area contributed by atoms with Crippen LogP contribution in [0.4, 0.5) is 5.69 Å². The second-order valence-corrected chi connectivity index (χ2v) is 14.6. The van der Waals surface area contributed by atoms with Gasteiger partial charge in [0.25, 0.3) is 0 Å². The summed E-state index contributed by atoms with van der Waals surface area (Å²) in [7, 11) is 0. The maximum absolute atomic E-state index is 6.47. The summed E-state index contributed by atoms with van der Waals surface area (Å²) in [5.74, 6) is 0. The molecule has 0 bridgehead atoms. The van der Waals surface area contributed by atoms with Gasteiger partial charge in [0.1, 0.15) is 11.2 Å². The molecule has 0 aliphatic carbocycles. The Kier molecular flexibility index (Phi) is 9.17. The molecule has 10 rings (SSSR count). The number of rotatable bonds is 10. The van der Waals surface area contributed by atoms with Crippen molar-refractivity contribution >= 4 is 82.6 Å². The van der Waals surface area contributed by atoms with E-state index in [9.17, 15) is 0 Å². The molecule has 59 heavy (non-hydrogen) atoms. The summed E-state index contributed by atoms with van der Waals surface area (Å²) in [6.45, 7) is 8.33. The van der Waals surface area contributed by atoms with Crippen molar-refractivity contribution in [3.05, 3.63) is 242 Å². The lowest BCUT2D eigenvalue weighted by Gasteiger charge is -2.24. The van der Waals surface area contributed by atoms with Gasteiger partial charge >= 0.3 is 0 Å². The lowest BCUT2D eigenvalue weighted by Crippen LogP contribution is -2.14. The zero-order valence-corrected chi connectivity index (χ0v) is 32.5. The normalized spacial score (nSPS) is 12.6. The number of hydrogen-bond acceptors (Lipinski definition) is 2. The van der Waals surface area contributed by atoms with E-state index in [2.05, 4.69) is 223 Å². The highest BCUT2D eigenvalue weighted by Crippen LogP contribution is 2.37. The number of para-hydroxylation sites is 3. The van der Waals surface area contributed by atoms with Crippen molar-refractivity contribution in [1.82, 2.24) is 4.57 Å². The molecule has 0 spiro atoms. The van der Waals surface area contributed by atoms with Gasteiger partial charge in [-0.3, -0.25) is 0 Å². The van der Waals surface area contributed by atoms with Crippen molar-refractivity contribution in [2.75, 3.05) is 4.90 Å². The summed E-state index contributed by atoms with van der Waals surface area (Å²) in [5.41, 5.74) is 10.4. The molecule has 0 fully saturated rings. The van der Waals surface area contributed by atoms with Gasteiger partial charge in [-0.15, -0.1) is 0 Å². The third kappa shape index (κ3) is 6.36. The van der Waals surface area contributed by atoms with E-state index in [1.807, 2.05) is 18.2 Å². The molecule has 8 aromatic carbocycles. The Labute approximate surface area is 343 Å². The van der Waals surface area contributed by atoms with Crippen molar-refractivity contribution in [3.8, 4) is 5.69 Å². The number of aromatic nitrogens is 1. The average molecular weight is 757 g/mol. The fourth-order valence-electron chi connectivity index (χ4n) is 8.47. The van der Waals surface area contributed by atoms with Gasteiger partial charge < -0.3 is 13.9 Å². The first-order valence-corrected chi connectivity index (χ1v) is 19.9. The molecule has 10 aromatic rings. The third-order valence-corrected chi connectivity index (χ3v) is 11.2. The highest BCUT2D eigenvalue weighted by atomic mass is 16.3. The van der Waals surface area contributed by atoms with Crippen LogP contribution in [0.1, 0.15) is 11.1 Å². The van der Waals surface area contributed by atoms with Crippen LogP contribution < -0.4 is 4.90 Å². The van der Waals surface area contributed by atoms with Crippen LogP contribution in [0.3, 0.4) is 0 Å². The minimum atomic E-state index is 0.866. The average Bonchev–Trinajstić information content (AvgIpc) is 3.84. The Balaban J connectivity index is 1.11. The maximum atomic E-state index is 6.47. The molecule has 0 saturated carbocycles. The van der Waals surface area contributed by atoms with Crippen LogP contribution >= 0.6 is 0 Å². The van der Waals surface area contributed by atoms with E-state index in [0.717, 1.165) is 77.3 Å². The monoisotopic (exact) mass is 756 g/mol. The molecular weight excluding hydrogens is 717 g/mol. The molecule has 0 saturated heterocycles. The zero-order chi connectivity index (χ0) is 39.7. The van der Waals surface area contributed by atoms with Crippen LogP contribution in [0.15, 0.2) is 236 Å². The summed E-state index contributed by atoms with van der Waals surface area (Å²) in [6.07, 6.45) is 16.5. The molecule has 0 aliphatic heterocycles. The van der Waals surface area contributed by atoms with Crippen molar-refractivity contribution in [2.24, 2.45) is 0 Å². The lowest BCUT2D eigenvalue weighted by molar-refractivity contribution is 0.672. The maximum Gasteiger partial charge on any atom is 0.143 e. The summed E-state index contributed by atoms with van der Waals surface area (Å²) in [5, 5.41) is 9.23. The van der Waals surface area contributed by atoms with Crippen LogP contribution in [0.5, 0.6) is 0 Å². The molecule has 3 nitrogen and oxygen atoms in total. The first-order chi connectivity index (χ1) is 29.2. The molecule has 3 heteroatoms. The van der Waals surface area contributed by atoms with E-state index < -0.39 is 0 Å². The van der Waals surface area contributed by atoms with E-state index in [-0.39, 0.29) is 0 Å². The number of hydrogen-bond donors (Lipinski definition) is 0. The van der Waals surface area contributed by atoms with Gasteiger partial charge in [-0.2, -0.15) is 0 Å². The van der Waals surface area contributed by atoms with Gasteiger partial charge in [0.05, 0.1) is 22.4 Å². The Bertz CT molecular complexity index is 3330.